The minimum absolute atomic E-state index is 0.593. The van der Waals surface area contributed by atoms with Gasteiger partial charge < -0.3 is 14.2 Å². The van der Waals surface area contributed by atoms with Crippen LogP contribution in [0.4, 0.5) is 0 Å². The van der Waals surface area contributed by atoms with Crippen LogP contribution in [0.3, 0.4) is 0 Å². The Balaban J connectivity index is 1.93. The Kier molecular flexibility index (Phi) is 6.60. The van der Waals surface area contributed by atoms with Crippen molar-refractivity contribution < 1.29 is 14.2 Å². The predicted molar refractivity (Wildman–Crippen MR) is 111 cm³/mol. The Morgan fingerprint density at radius 3 is 2.36 bits per heavy atom. The molecule has 0 spiro atoms. The van der Waals surface area contributed by atoms with E-state index in [4.69, 9.17) is 14.2 Å². The van der Waals surface area contributed by atoms with Crippen molar-refractivity contribution in [1.82, 2.24) is 14.8 Å². The number of ether oxygens (including phenoxy) is 3. The Morgan fingerprint density at radius 1 is 1.00 bits per heavy atom. The van der Waals surface area contributed by atoms with E-state index in [9.17, 15) is 0 Å². The average molecular weight is 398 g/mol. The summed E-state index contributed by atoms with van der Waals surface area (Å²) in [6.45, 7) is 4.46. The third-order valence-corrected chi connectivity index (χ3v) is 5.20. The molecule has 1 aromatic heterocycles. The summed E-state index contributed by atoms with van der Waals surface area (Å²) in [5.41, 5.74) is 1.97. The van der Waals surface area contributed by atoms with Gasteiger partial charge in [-0.3, -0.25) is 4.57 Å². The lowest BCUT2D eigenvalue weighted by molar-refractivity contribution is 0.394. The first kappa shape index (κ1) is 19.8. The highest BCUT2D eigenvalue weighted by Gasteiger charge is 2.16. The van der Waals surface area contributed by atoms with E-state index in [0.29, 0.717) is 18.0 Å². The maximum Gasteiger partial charge on any atom is 0.192 e. The van der Waals surface area contributed by atoms with E-state index in [2.05, 4.69) is 16.8 Å². The zero-order chi connectivity index (χ0) is 19.9. The molecule has 0 aliphatic heterocycles. The van der Waals surface area contributed by atoms with Crippen molar-refractivity contribution in [3.8, 4) is 28.6 Å². The lowest BCUT2D eigenvalue weighted by Gasteiger charge is -2.11. The van der Waals surface area contributed by atoms with Crippen LogP contribution in [0.5, 0.6) is 17.2 Å². The summed E-state index contributed by atoms with van der Waals surface area (Å²) in [6.07, 6.45) is 1.83. The lowest BCUT2D eigenvalue weighted by atomic mass is 10.2. The summed E-state index contributed by atoms with van der Waals surface area (Å²) >= 11 is 1.60. The molecule has 3 aromatic rings. The number of hydrogen-bond acceptors (Lipinski definition) is 6. The molecule has 0 saturated heterocycles. The highest BCUT2D eigenvalue weighted by Crippen LogP contribution is 2.32. The van der Waals surface area contributed by atoms with Crippen molar-refractivity contribution in [1.29, 1.82) is 0 Å². The van der Waals surface area contributed by atoms with Crippen LogP contribution in [0.2, 0.25) is 0 Å². The molecule has 7 heteroatoms. The number of thioether (sulfide) groups is 1. The number of hydrogen-bond donors (Lipinski definition) is 0. The van der Waals surface area contributed by atoms with Crippen LogP contribution < -0.4 is 14.2 Å². The first-order chi connectivity index (χ1) is 13.7. The Hall–Kier alpha value is -2.93. The van der Waals surface area contributed by atoms with Gasteiger partial charge in [0.1, 0.15) is 17.2 Å². The van der Waals surface area contributed by atoms with Gasteiger partial charge in [-0.2, -0.15) is 0 Å². The van der Waals surface area contributed by atoms with Crippen molar-refractivity contribution in [2.45, 2.75) is 17.5 Å². The van der Waals surface area contributed by atoms with Gasteiger partial charge in [0, 0.05) is 29.5 Å². The van der Waals surface area contributed by atoms with Crippen LogP contribution in [0, 0.1) is 0 Å². The molecule has 0 radical (unpaired) electrons. The molecule has 0 amide bonds. The van der Waals surface area contributed by atoms with Gasteiger partial charge in [-0.1, -0.05) is 36.0 Å². The molecule has 0 fully saturated rings. The molecule has 0 N–H and O–H groups in total. The second-order valence-electron chi connectivity index (χ2n) is 5.91. The number of aromatic nitrogens is 3. The standard InChI is InChI=1S/C21H23N3O3S/c1-5-10-24-20(16-11-17(25-2)13-18(12-16)26-3)22-23-21(24)28-14-15-8-6-7-9-19(15)27-4/h5-9,11-13H,1,10,14H2,2-4H3. The Morgan fingerprint density at radius 2 is 1.71 bits per heavy atom. The van der Waals surface area contributed by atoms with Crippen molar-refractivity contribution >= 4 is 11.8 Å². The first-order valence-corrected chi connectivity index (χ1v) is 9.71. The van der Waals surface area contributed by atoms with Crippen molar-refractivity contribution in [3.63, 3.8) is 0 Å². The highest BCUT2D eigenvalue weighted by molar-refractivity contribution is 7.98. The van der Waals surface area contributed by atoms with Crippen LogP contribution in [0.1, 0.15) is 5.56 Å². The topological polar surface area (TPSA) is 58.4 Å². The van der Waals surface area contributed by atoms with E-state index in [1.165, 1.54) is 0 Å². The molecule has 0 unspecified atom stereocenters. The van der Waals surface area contributed by atoms with E-state index in [0.717, 1.165) is 33.6 Å². The SMILES string of the molecule is C=CCn1c(SCc2ccccc2OC)nnc1-c1cc(OC)cc(OC)c1. The van der Waals surface area contributed by atoms with Crippen LogP contribution in [-0.2, 0) is 12.3 Å². The zero-order valence-corrected chi connectivity index (χ0v) is 17.0. The summed E-state index contributed by atoms with van der Waals surface area (Å²) in [5.74, 6) is 3.72. The summed E-state index contributed by atoms with van der Waals surface area (Å²) in [5, 5.41) is 9.62. The van der Waals surface area contributed by atoms with Crippen LogP contribution in [-0.4, -0.2) is 36.1 Å². The molecule has 0 aliphatic carbocycles. The van der Waals surface area contributed by atoms with Gasteiger partial charge in [0.25, 0.3) is 0 Å². The minimum Gasteiger partial charge on any atom is -0.497 e. The first-order valence-electron chi connectivity index (χ1n) is 8.72. The average Bonchev–Trinajstić information content (AvgIpc) is 3.14. The molecule has 0 bridgehead atoms. The predicted octanol–water partition coefficient (Wildman–Crippen LogP) is 4.45. The fourth-order valence-electron chi connectivity index (χ4n) is 2.80. The third-order valence-electron chi connectivity index (χ3n) is 4.19. The molecule has 1 heterocycles. The second kappa shape index (κ2) is 9.32. The maximum atomic E-state index is 5.44. The van der Waals surface area contributed by atoms with Crippen LogP contribution in [0.15, 0.2) is 60.3 Å². The van der Waals surface area contributed by atoms with Crippen molar-refractivity contribution in [2.24, 2.45) is 0 Å². The molecule has 0 saturated carbocycles. The maximum absolute atomic E-state index is 5.44. The van der Waals surface area contributed by atoms with Crippen molar-refractivity contribution in [2.75, 3.05) is 21.3 Å². The van der Waals surface area contributed by atoms with E-state index in [1.807, 2.05) is 53.1 Å². The lowest BCUT2D eigenvalue weighted by Crippen LogP contribution is -2.01. The summed E-state index contributed by atoms with van der Waals surface area (Å²) in [7, 11) is 4.93. The smallest absolute Gasteiger partial charge is 0.192 e. The summed E-state index contributed by atoms with van der Waals surface area (Å²) in [6, 6.07) is 13.6. The van der Waals surface area contributed by atoms with Gasteiger partial charge in [0.15, 0.2) is 11.0 Å². The monoisotopic (exact) mass is 397 g/mol. The molecule has 28 heavy (non-hydrogen) atoms. The minimum atomic E-state index is 0.593. The number of allylic oxidation sites excluding steroid dienone is 1. The van der Waals surface area contributed by atoms with Gasteiger partial charge in [0.2, 0.25) is 0 Å². The fraction of sp³-hybridized carbons (Fsp3) is 0.238. The second-order valence-corrected chi connectivity index (χ2v) is 6.85. The number of para-hydroxylation sites is 1. The van der Waals surface area contributed by atoms with E-state index in [1.54, 1.807) is 33.1 Å². The normalized spacial score (nSPS) is 10.5. The van der Waals surface area contributed by atoms with Crippen LogP contribution >= 0.6 is 11.8 Å². The highest BCUT2D eigenvalue weighted by atomic mass is 32.2. The molecule has 0 aliphatic rings. The molecule has 2 aromatic carbocycles. The van der Waals surface area contributed by atoms with Gasteiger partial charge in [0.05, 0.1) is 21.3 Å². The summed E-state index contributed by atoms with van der Waals surface area (Å²) < 4.78 is 18.2. The molecule has 0 atom stereocenters. The molecular weight excluding hydrogens is 374 g/mol. The largest absolute Gasteiger partial charge is 0.497 e. The molecular formula is C21H23N3O3S. The number of nitrogens with zero attached hydrogens (tertiary/aromatic N) is 3. The Bertz CT molecular complexity index is 934. The van der Waals surface area contributed by atoms with Crippen molar-refractivity contribution in [3.05, 3.63) is 60.7 Å². The van der Waals surface area contributed by atoms with E-state index < -0.39 is 0 Å². The van der Waals surface area contributed by atoms with Gasteiger partial charge in [-0.25, -0.2) is 0 Å². The third kappa shape index (κ3) is 4.31. The number of rotatable bonds is 9. The number of benzene rings is 2. The quantitative estimate of drug-likeness (QED) is 0.393. The van der Waals surface area contributed by atoms with Crippen LogP contribution in [0.25, 0.3) is 11.4 Å². The Labute approximate surface area is 169 Å². The molecule has 146 valence electrons. The van der Waals surface area contributed by atoms with Gasteiger partial charge in [-0.15, -0.1) is 16.8 Å². The number of methoxy groups -OCH3 is 3. The van der Waals surface area contributed by atoms with E-state index >= 15 is 0 Å². The molecule has 3 rings (SSSR count). The fourth-order valence-corrected chi connectivity index (χ4v) is 3.74. The zero-order valence-electron chi connectivity index (χ0n) is 16.2. The van der Waals surface area contributed by atoms with Gasteiger partial charge in [-0.05, 0) is 18.2 Å². The van der Waals surface area contributed by atoms with Gasteiger partial charge >= 0.3 is 0 Å². The molecule has 6 nitrogen and oxygen atoms in total. The summed E-state index contributed by atoms with van der Waals surface area (Å²) in [4.78, 5) is 0. The van der Waals surface area contributed by atoms with E-state index in [-0.39, 0.29) is 0 Å².